The van der Waals surface area contributed by atoms with Crippen LogP contribution >= 0.6 is 0 Å². The van der Waals surface area contributed by atoms with Gasteiger partial charge in [-0.3, -0.25) is 9.59 Å². The molecule has 0 saturated heterocycles. The summed E-state index contributed by atoms with van der Waals surface area (Å²) in [5.41, 5.74) is 2.32. The van der Waals surface area contributed by atoms with Gasteiger partial charge in [0.25, 0.3) is 11.8 Å². The van der Waals surface area contributed by atoms with E-state index in [9.17, 15) is 18.4 Å². The van der Waals surface area contributed by atoms with Crippen molar-refractivity contribution in [1.82, 2.24) is 9.91 Å². The molecule has 2 amide bonds. The lowest BCUT2D eigenvalue weighted by Gasteiger charge is -2.27. The summed E-state index contributed by atoms with van der Waals surface area (Å²) in [5.74, 6) is -1.17. The van der Waals surface area contributed by atoms with Crippen LogP contribution in [0, 0.1) is 11.6 Å². The first-order valence-corrected chi connectivity index (χ1v) is 11.7. The van der Waals surface area contributed by atoms with Crippen LogP contribution in [0.15, 0.2) is 77.9 Å². The Morgan fingerprint density at radius 3 is 2.38 bits per heavy atom. The molecule has 3 aromatic rings. The Balaban J connectivity index is 1.62. The van der Waals surface area contributed by atoms with E-state index in [4.69, 9.17) is 9.47 Å². The van der Waals surface area contributed by atoms with Gasteiger partial charge in [-0.1, -0.05) is 18.2 Å². The highest BCUT2D eigenvalue weighted by Gasteiger charge is 2.34. The van der Waals surface area contributed by atoms with E-state index in [1.807, 2.05) is 12.1 Å². The largest absolute Gasteiger partial charge is 0.497 e. The normalized spacial score (nSPS) is 14.9. The third-order valence-corrected chi connectivity index (χ3v) is 6.09. The molecule has 7 nitrogen and oxygen atoms in total. The second kappa shape index (κ2) is 11.7. The Morgan fingerprint density at radius 1 is 1.00 bits per heavy atom. The molecule has 0 aromatic heterocycles. The van der Waals surface area contributed by atoms with Crippen LogP contribution in [-0.2, 0) is 9.53 Å². The van der Waals surface area contributed by atoms with Gasteiger partial charge in [-0.2, -0.15) is 5.10 Å². The minimum Gasteiger partial charge on any atom is -0.497 e. The fourth-order valence-electron chi connectivity index (χ4n) is 4.14. The van der Waals surface area contributed by atoms with Gasteiger partial charge >= 0.3 is 0 Å². The lowest BCUT2D eigenvalue weighted by molar-refractivity contribution is -0.133. The third-order valence-electron chi connectivity index (χ3n) is 6.09. The van der Waals surface area contributed by atoms with Crippen molar-refractivity contribution in [3.8, 4) is 5.75 Å². The minimum absolute atomic E-state index is 0.127. The molecule has 1 atom stereocenters. The maximum absolute atomic E-state index is 13.7. The third kappa shape index (κ3) is 6.18. The first-order chi connectivity index (χ1) is 17.9. The molecule has 192 valence electrons. The number of halogens is 2. The van der Waals surface area contributed by atoms with Crippen LogP contribution in [0.2, 0.25) is 0 Å². The molecule has 0 bridgehead atoms. The van der Waals surface area contributed by atoms with Gasteiger partial charge in [0, 0.05) is 25.6 Å². The molecule has 37 heavy (non-hydrogen) atoms. The van der Waals surface area contributed by atoms with Gasteiger partial charge in [0.1, 0.15) is 23.9 Å². The van der Waals surface area contributed by atoms with E-state index >= 15 is 0 Å². The number of nitrogens with zero attached hydrogens (tertiary/aromatic N) is 3. The highest BCUT2D eigenvalue weighted by molar-refractivity contribution is 6.03. The maximum Gasteiger partial charge on any atom is 0.262 e. The summed E-state index contributed by atoms with van der Waals surface area (Å²) in [4.78, 5) is 28.0. The average molecular weight is 508 g/mol. The van der Waals surface area contributed by atoms with Crippen LogP contribution in [0.25, 0.3) is 0 Å². The minimum atomic E-state index is -0.548. The zero-order valence-electron chi connectivity index (χ0n) is 20.6. The van der Waals surface area contributed by atoms with E-state index in [1.54, 1.807) is 31.4 Å². The molecule has 0 aliphatic carbocycles. The van der Waals surface area contributed by atoms with Crippen LogP contribution in [0.4, 0.5) is 8.78 Å². The topological polar surface area (TPSA) is 71.4 Å². The van der Waals surface area contributed by atoms with E-state index in [0.717, 1.165) is 11.6 Å². The molecule has 1 aliphatic rings. The van der Waals surface area contributed by atoms with Crippen LogP contribution < -0.4 is 4.74 Å². The number of ether oxygens (including phenoxy) is 2. The van der Waals surface area contributed by atoms with Gasteiger partial charge in [-0.05, 0) is 65.7 Å². The van der Waals surface area contributed by atoms with Crippen molar-refractivity contribution in [2.75, 3.05) is 33.9 Å². The van der Waals surface area contributed by atoms with E-state index in [-0.39, 0.29) is 31.1 Å². The monoisotopic (exact) mass is 507 g/mol. The zero-order valence-corrected chi connectivity index (χ0v) is 20.6. The van der Waals surface area contributed by atoms with E-state index in [1.165, 1.54) is 47.4 Å². The van der Waals surface area contributed by atoms with Crippen molar-refractivity contribution in [1.29, 1.82) is 0 Å². The molecular formula is C28H27F2N3O4. The second-order valence-corrected chi connectivity index (χ2v) is 8.51. The summed E-state index contributed by atoms with van der Waals surface area (Å²) in [6, 6.07) is 18.0. The van der Waals surface area contributed by atoms with Crippen LogP contribution in [0.1, 0.15) is 33.9 Å². The SMILES string of the molecule is COCCN(CC(=O)N1N=C(c2ccc(OC)cc2)C[C@H]1c1ccc(F)cc1)C(=O)c1cccc(F)c1. The first kappa shape index (κ1) is 26.0. The molecule has 0 unspecified atom stereocenters. The predicted octanol–water partition coefficient (Wildman–Crippen LogP) is 4.44. The van der Waals surface area contributed by atoms with Crippen molar-refractivity contribution in [3.05, 3.63) is 101 Å². The highest BCUT2D eigenvalue weighted by atomic mass is 19.1. The van der Waals surface area contributed by atoms with Crippen LogP contribution in [0.3, 0.4) is 0 Å². The molecule has 1 heterocycles. The number of amides is 2. The Hall–Kier alpha value is -4.11. The predicted molar refractivity (Wildman–Crippen MR) is 134 cm³/mol. The second-order valence-electron chi connectivity index (χ2n) is 8.51. The molecule has 0 N–H and O–H groups in total. The molecule has 0 saturated carbocycles. The van der Waals surface area contributed by atoms with Crippen molar-refractivity contribution in [2.24, 2.45) is 5.10 Å². The van der Waals surface area contributed by atoms with Crippen LogP contribution in [0.5, 0.6) is 5.75 Å². The molecule has 0 fully saturated rings. The summed E-state index contributed by atoms with van der Waals surface area (Å²) in [5, 5.41) is 5.95. The van der Waals surface area contributed by atoms with Crippen LogP contribution in [-0.4, -0.2) is 61.4 Å². The molecular weight excluding hydrogens is 480 g/mol. The molecule has 0 radical (unpaired) electrons. The maximum atomic E-state index is 13.7. The van der Waals surface area contributed by atoms with Crippen molar-refractivity contribution < 1.29 is 27.8 Å². The number of methoxy groups -OCH3 is 2. The molecule has 9 heteroatoms. The van der Waals surface area contributed by atoms with E-state index in [0.29, 0.717) is 23.4 Å². The molecule has 1 aliphatic heterocycles. The van der Waals surface area contributed by atoms with Gasteiger partial charge < -0.3 is 14.4 Å². The Kier molecular flexibility index (Phi) is 8.25. The zero-order chi connectivity index (χ0) is 26.4. The molecule has 3 aromatic carbocycles. The highest BCUT2D eigenvalue weighted by Crippen LogP contribution is 2.33. The van der Waals surface area contributed by atoms with Gasteiger partial charge in [0.2, 0.25) is 0 Å². The summed E-state index contributed by atoms with van der Waals surface area (Å²) >= 11 is 0. The van der Waals surface area contributed by atoms with Gasteiger partial charge in [-0.25, -0.2) is 13.8 Å². The average Bonchev–Trinajstić information content (AvgIpc) is 3.36. The number of benzene rings is 3. The number of hydrogen-bond donors (Lipinski definition) is 0. The smallest absolute Gasteiger partial charge is 0.262 e. The lowest BCUT2D eigenvalue weighted by atomic mass is 9.98. The van der Waals surface area contributed by atoms with Gasteiger partial charge in [-0.15, -0.1) is 0 Å². The number of rotatable bonds is 9. The Labute approximate surface area is 213 Å². The summed E-state index contributed by atoms with van der Waals surface area (Å²) in [6.07, 6.45) is 0.402. The summed E-state index contributed by atoms with van der Waals surface area (Å²) < 4.78 is 37.7. The van der Waals surface area contributed by atoms with Crippen molar-refractivity contribution >= 4 is 17.5 Å². The van der Waals surface area contributed by atoms with E-state index < -0.39 is 23.7 Å². The van der Waals surface area contributed by atoms with Crippen molar-refractivity contribution in [2.45, 2.75) is 12.5 Å². The Bertz CT molecular complexity index is 1280. The summed E-state index contributed by atoms with van der Waals surface area (Å²) in [7, 11) is 3.07. The molecule has 0 spiro atoms. The van der Waals surface area contributed by atoms with Crippen molar-refractivity contribution in [3.63, 3.8) is 0 Å². The first-order valence-electron chi connectivity index (χ1n) is 11.7. The molecule has 4 rings (SSSR count). The standard InChI is InChI=1S/C28H27F2N3O4/c1-36-15-14-32(28(35)21-4-3-5-23(30)16-21)18-27(34)33-26(20-6-10-22(29)11-7-20)17-25(31-33)19-8-12-24(37-2)13-9-19/h3-13,16,26H,14-15,17-18H2,1-2H3/t26-/m0/s1. The number of hydrazone groups is 1. The lowest BCUT2D eigenvalue weighted by Crippen LogP contribution is -2.42. The number of carbonyl (C=O) groups excluding carboxylic acids is 2. The Morgan fingerprint density at radius 2 is 1.73 bits per heavy atom. The van der Waals surface area contributed by atoms with E-state index in [2.05, 4.69) is 5.10 Å². The van der Waals surface area contributed by atoms with Gasteiger partial charge in [0.15, 0.2) is 0 Å². The fraction of sp³-hybridized carbons (Fsp3) is 0.250. The summed E-state index contributed by atoms with van der Waals surface area (Å²) in [6.45, 7) is 0.0214. The number of carbonyl (C=O) groups is 2. The fourth-order valence-corrected chi connectivity index (χ4v) is 4.14. The quantitative estimate of drug-likeness (QED) is 0.429. The van der Waals surface area contributed by atoms with Gasteiger partial charge in [0.05, 0.1) is 25.5 Å². The number of hydrogen-bond acceptors (Lipinski definition) is 5.